The fourth-order valence-corrected chi connectivity index (χ4v) is 2.29. The van der Waals surface area contributed by atoms with Gasteiger partial charge in [0, 0.05) is 38.3 Å². The van der Waals surface area contributed by atoms with E-state index in [0.29, 0.717) is 13.0 Å². The van der Waals surface area contributed by atoms with E-state index in [1.807, 2.05) is 17.0 Å². The number of phenolic OH excluding ortho intramolecular Hbond substituents is 1. The van der Waals surface area contributed by atoms with Crippen molar-refractivity contribution in [3.8, 4) is 5.75 Å². The quantitative estimate of drug-likeness (QED) is 0.877. The zero-order chi connectivity index (χ0) is 13.7. The standard InChI is InChI=1S/C14H21N3O2.2ClH/c15-7-1-2-14(19)17-10-8-16(9-11-17)12-3-5-13(18)6-4-12;;/h3-6,18H,1-2,7-11,15H2;2*1H. The first-order valence-corrected chi connectivity index (χ1v) is 6.72. The summed E-state index contributed by atoms with van der Waals surface area (Å²) < 4.78 is 0. The Balaban J connectivity index is 0.00000200. The zero-order valence-electron chi connectivity index (χ0n) is 11.9. The molecule has 5 nitrogen and oxygen atoms in total. The molecule has 0 spiro atoms. The van der Waals surface area contributed by atoms with Gasteiger partial charge < -0.3 is 20.6 Å². The lowest BCUT2D eigenvalue weighted by Gasteiger charge is -2.36. The molecular weight excluding hydrogens is 313 g/mol. The van der Waals surface area contributed by atoms with Crippen LogP contribution >= 0.6 is 24.8 Å². The van der Waals surface area contributed by atoms with Crippen molar-refractivity contribution in [1.29, 1.82) is 0 Å². The van der Waals surface area contributed by atoms with E-state index in [9.17, 15) is 9.90 Å². The van der Waals surface area contributed by atoms with Crippen molar-refractivity contribution >= 4 is 36.4 Å². The number of anilines is 1. The van der Waals surface area contributed by atoms with Crippen molar-refractivity contribution < 1.29 is 9.90 Å². The van der Waals surface area contributed by atoms with Gasteiger partial charge in [-0.1, -0.05) is 0 Å². The predicted molar refractivity (Wildman–Crippen MR) is 89.7 cm³/mol. The summed E-state index contributed by atoms with van der Waals surface area (Å²) in [5.41, 5.74) is 6.51. The molecule has 0 radical (unpaired) electrons. The molecule has 1 aliphatic heterocycles. The molecule has 0 atom stereocenters. The summed E-state index contributed by atoms with van der Waals surface area (Å²) in [5, 5.41) is 9.27. The molecule has 7 heteroatoms. The number of nitrogens with two attached hydrogens (primary N) is 1. The Labute approximate surface area is 137 Å². The van der Waals surface area contributed by atoms with Crippen LogP contribution in [0.15, 0.2) is 24.3 Å². The lowest BCUT2D eigenvalue weighted by atomic mass is 10.2. The van der Waals surface area contributed by atoms with Crippen molar-refractivity contribution in [3.05, 3.63) is 24.3 Å². The lowest BCUT2D eigenvalue weighted by molar-refractivity contribution is -0.131. The predicted octanol–water partition coefficient (Wildman–Crippen LogP) is 1.62. The van der Waals surface area contributed by atoms with Gasteiger partial charge in [0.15, 0.2) is 0 Å². The summed E-state index contributed by atoms with van der Waals surface area (Å²) in [6, 6.07) is 7.19. The van der Waals surface area contributed by atoms with Crippen molar-refractivity contribution in [1.82, 2.24) is 4.90 Å². The molecule has 1 aromatic rings. The molecule has 3 N–H and O–H groups in total. The van der Waals surface area contributed by atoms with Crippen LogP contribution in [0, 0.1) is 0 Å². The first-order chi connectivity index (χ1) is 9.20. The van der Waals surface area contributed by atoms with Gasteiger partial charge >= 0.3 is 0 Å². The fraction of sp³-hybridized carbons (Fsp3) is 0.500. The summed E-state index contributed by atoms with van der Waals surface area (Å²) >= 11 is 0. The third-order valence-corrected chi connectivity index (χ3v) is 3.44. The van der Waals surface area contributed by atoms with Crippen molar-refractivity contribution in [2.45, 2.75) is 12.8 Å². The van der Waals surface area contributed by atoms with Crippen LogP contribution < -0.4 is 10.6 Å². The average Bonchev–Trinajstić information content (AvgIpc) is 2.46. The van der Waals surface area contributed by atoms with Gasteiger partial charge in [0.2, 0.25) is 5.91 Å². The molecule has 1 heterocycles. The number of piperazine rings is 1. The SMILES string of the molecule is Cl.Cl.NCCCC(=O)N1CCN(c2ccc(O)cc2)CC1. The number of amides is 1. The third kappa shape index (κ3) is 5.61. The Morgan fingerprint density at radius 3 is 2.19 bits per heavy atom. The molecule has 2 rings (SSSR count). The maximum Gasteiger partial charge on any atom is 0.222 e. The van der Waals surface area contributed by atoms with Gasteiger partial charge in [-0.25, -0.2) is 0 Å². The highest BCUT2D eigenvalue weighted by Gasteiger charge is 2.20. The molecule has 1 aliphatic rings. The van der Waals surface area contributed by atoms with Crippen molar-refractivity contribution in [2.75, 3.05) is 37.6 Å². The van der Waals surface area contributed by atoms with Crippen molar-refractivity contribution in [2.24, 2.45) is 5.73 Å². The van der Waals surface area contributed by atoms with Gasteiger partial charge in [0.25, 0.3) is 0 Å². The Hall–Kier alpha value is -1.17. The second-order valence-electron chi connectivity index (χ2n) is 4.78. The molecule has 1 fully saturated rings. The van der Waals surface area contributed by atoms with Crippen LogP contribution in [0.4, 0.5) is 5.69 Å². The zero-order valence-corrected chi connectivity index (χ0v) is 13.5. The second-order valence-corrected chi connectivity index (χ2v) is 4.78. The molecule has 120 valence electrons. The van der Waals surface area contributed by atoms with Crippen LogP contribution in [0.25, 0.3) is 0 Å². The molecule has 0 bridgehead atoms. The largest absolute Gasteiger partial charge is 0.508 e. The number of halogens is 2. The number of hydrogen-bond donors (Lipinski definition) is 2. The summed E-state index contributed by atoms with van der Waals surface area (Å²) in [5.74, 6) is 0.482. The molecule has 1 saturated heterocycles. The number of nitrogens with zero attached hydrogens (tertiary/aromatic N) is 2. The highest BCUT2D eigenvalue weighted by molar-refractivity contribution is 5.85. The van der Waals surface area contributed by atoms with E-state index in [1.165, 1.54) is 0 Å². The van der Waals surface area contributed by atoms with E-state index >= 15 is 0 Å². The Kier molecular flexibility index (Phi) is 9.17. The van der Waals surface area contributed by atoms with Crippen molar-refractivity contribution in [3.63, 3.8) is 0 Å². The number of benzene rings is 1. The summed E-state index contributed by atoms with van der Waals surface area (Å²) in [6.07, 6.45) is 1.31. The number of hydrogen-bond acceptors (Lipinski definition) is 4. The van der Waals surface area contributed by atoms with Gasteiger partial charge in [-0.2, -0.15) is 0 Å². The van der Waals surface area contributed by atoms with Gasteiger partial charge in [-0.3, -0.25) is 4.79 Å². The van der Waals surface area contributed by atoms with E-state index in [-0.39, 0.29) is 36.5 Å². The van der Waals surface area contributed by atoms with Crippen LogP contribution in [-0.2, 0) is 4.79 Å². The minimum Gasteiger partial charge on any atom is -0.508 e. The third-order valence-electron chi connectivity index (χ3n) is 3.44. The molecule has 0 saturated carbocycles. The highest BCUT2D eigenvalue weighted by atomic mass is 35.5. The van der Waals surface area contributed by atoms with E-state index in [0.717, 1.165) is 38.3 Å². The minimum atomic E-state index is 0. The lowest BCUT2D eigenvalue weighted by Crippen LogP contribution is -2.48. The smallest absolute Gasteiger partial charge is 0.222 e. The minimum absolute atomic E-state index is 0. The highest BCUT2D eigenvalue weighted by Crippen LogP contribution is 2.19. The number of phenols is 1. The molecule has 1 aromatic carbocycles. The van der Waals surface area contributed by atoms with E-state index in [1.54, 1.807) is 12.1 Å². The Bertz CT molecular complexity index is 421. The molecule has 0 aromatic heterocycles. The molecule has 21 heavy (non-hydrogen) atoms. The maximum absolute atomic E-state index is 11.9. The monoisotopic (exact) mass is 335 g/mol. The molecule has 1 amide bonds. The molecule has 0 aliphatic carbocycles. The number of aromatic hydroxyl groups is 1. The van der Waals surface area contributed by atoms with Crippen LogP contribution in [-0.4, -0.2) is 48.6 Å². The van der Waals surface area contributed by atoms with Gasteiger partial charge in [0.1, 0.15) is 5.75 Å². The summed E-state index contributed by atoms with van der Waals surface area (Å²) in [6.45, 7) is 3.74. The fourth-order valence-electron chi connectivity index (χ4n) is 2.29. The maximum atomic E-state index is 11.9. The average molecular weight is 336 g/mol. The summed E-state index contributed by atoms with van der Waals surface area (Å²) in [4.78, 5) is 16.0. The first kappa shape index (κ1) is 19.8. The summed E-state index contributed by atoms with van der Waals surface area (Å²) in [7, 11) is 0. The topological polar surface area (TPSA) is 69.8 Å². The number of carbonyl (C=O) groups is 1. The first-order valence-electron chi connectivity index (χ1n) is 6.72. The Morgan fingerprint density at radius 1 is 1.10 bits per heavy atom. The number of rotatable bonds is 4. The van der Waals surface area contributed by atoms with Crippen LogP contribution in [0.2, 0.25) is 0 Å². The van der Waals surface area contributed by atoms with E-state index in [2.05, 4.69) is 4.90 Å². The van der Waals surface area contributed by atoms with Crippen LogP contribution in [0.3, 0.4) is 0 Å². The van der Waals surface area contributed by atoms with Gasteiger partial charge in [-0.15, -0.1) is 24.8 Å². The molecule has 0 unspecified atom stereocenters. The van der Waals surface area contributed by atoms with Crippen LogP contribution in [0.1, 0.15) is 12.8 Å². The Morgan fingerprint density at radius 2 is 1.67 bits per heavy atom. The second kappa shape index (κ2) is 9.71. The van der Waals surface area contributed by atoms with E-state index in [4.69, 9.17) is 5.73 Å². The molecular formula is C14H23Cl2N3O2. The van der Waals surface area contributed by atoms with E-state index < -0.39 is 0 Å². The van der Waals surface area contributed by atoms with Gasteiger partial charge in [-0.05, 0) is 37.2 Å². The van der Waals surface area contributed by atoms with Crippen LogP contribution in [0.5, 0.6) is 5.75 Å². The van der Waals surface area contributed by atoms with Gasteiger partial charge in [0.05, 0.1) is 0 Å². The number of carbonyl (C=O) groups excluding carboxylic acids is 1. The normalized spacial score (nSPS) is 14.1.